The van der Waals surface area contributed by atoms with Crippen LogP contribution in [0, 0.1) is 0 Å². The van der Waals surface area contributed by atoms with Gasteiger partial charge in [0.15, 0.2) is 0 Å². The molecule has 0 aliphatic rings. The molecular weight excluding hydrogens is 218 g/mol. The highest BCUT2D eigenvalue weighted by Crippen LogP contribution is 2.23. The van der Waals surface area contributed by atoms with E-state index in [9.17, 15) is 4.79 Å². The smallest absolute Gasteiger partial charge is 0.340 e. The van der Waals surface area contributed by atoms with Crippen LogP contribution in [0.5, 0.6) is 0 Å². The van der Waals surface area contributed by atoms with Crippen LogP contribution in [0.2, 0.25) is 0 Å². The maximum absolute atomic E-state index is 11.4. The number of para-hydroxylation sites is 1. The van der Waals surface area contributed by atoms with Crippen molar-refractivity contribution < 1.29 is 9.53 Å². The highest BCUT2D eigenvalue weighted by Gasteiger charge is 2.13. The van der Waals surface area contributed by atoms with Crippen LogP contribution < -0.4 is 16.8 Å². The molecule has 17 heavy (non-hydrogen) atoms. The molecule has 0 radical (unpaired) electrons. The summed E-state index contributed by atoms with van der Waals surface area (Å²) in [5, 5.41) is 3.00. The Labute approximate surface area is 102 Å². The number of rotatable bonds is 4. The Morgan fingerprint density at radius 2 is 2.06 bits per heavy atom. The van der Waals surface area contributed by atoms with Crippen molar-refractivity contribution in [1.29, 1.82) is 0 Å². The van der Waals surface area contributed by atoms with E-state index in [0.29, 0.717) is 30.0 Å². The van der Waals surface area contributed by atoms with Crippen LogP contribution in [0.1, 0.15) is 24.2 Å². The first kappa shape index (κ1) is 15.2. The number of nitrogens with two attached hydrogens (primary N) is 2. The Kier molecular flexibility index (Phi) is 7.54. The number of hydrogen-bond donors (Lipinski definition) is 3. The molecule has 0 fully saturated rings. The molecular formula is C12H21N3O2. The third kappa shape index (κ3) is 4.32. The fourth-order valence-electron chi connectivity index (χ4n) is 1.24. The molecule has 1 aromatic rings. The van der Waals surface area contributed by atoms with Gasteiger partial charge in [0.2, 0.25) is 0 Å². The minimum absolute atomic E-state index is 0.415. The van der Waals surface area contributed by atoms with E-state index in [4.69, 9.17) is 11.5 Å². The zero-order valence-electron chi connectivity index (χ0n) is 10.6. The zero-order chi connectivity index (χ0) is 13.3. The first-order valence-corrected chi connectivity index (χ1v) is 5.61. The first-order valence-electron chi connectivity index (χ1n) is 5.61. The number of hydrogen-bond acceptors (Lipinski definition) is 5. The lowest BCUT2D eigenvalue weighted by Gasteiger charge is -2.12. The third-order valence-corrected chi connectivity index (χ3v) is 1.95. The number of nitrogen functional groups attached to an aromatic ring is 1. The molecule has 1 rings (SSSR count). The molecule has 5 nitrogen and oxygen atoms in total. The zero-order valence-corrected chi connectivity index (χ0v) is 10.6. The maximum Gasteiger partial charge on any atom is 0.340 e. The van der Waals surface area contributed by atoms with Gasteiger partial charge in [-0.2, -0.15) is 0 Å². The second-order valence-corrected chi connectivity index (χ2v) is 2.98. The number of nitrogens with one attached hydrogen (secondary N) is 1. The van der Waals surface area contributed by atoms with E-state index in [2.05, 4.69) is 10.1 Å². The number of esters is 1. The van der Waals surface area contributed by atoms with Crippen LogP contribution in [0.25, 0.3) is 0 Å². The molecule has 0 saturated heterocycles. The van der Waals surface area contributed by atoms with Crippen LogP contribution in [0.4, 0.5) is 11.4 Å². The van der Waals surface area contributed by atoms with Crippen LogP contribution in [-0.4, -0.2) is 26.2 Å². The van der Waals surface area contributed by atoms with Crippen molar-refractivity contribution in [3.63, 3.8) is 0 Å². The molecule has 0 aliphatic heterocycles. The number of anilines is 2. The second-order valence-electron chi connectivity index (χ2n) is 2.98. The summed E-state index contributed by atoms with van der Waals surface area (Å²) in [6, 6.07) is 5.07. The highest BCUT2D eigenvalue weighted by molar-refractivity contribution is 5.98. The third-order valence-electron chi connectivity index (χ3n) is 1.95. The Morgan fingerprint density at radius 3 is 2.59 bits per heavy atom. The van der Waals surface area contributed by atoms with Crippen LogP contribution in [0.15, 0.2) is 18.2 Å². The van der Waals surface area contributed by atoms with Gasteiger partial charge in [-0.3, -0.25) is 0 Å². The largest absolute Gasteiger partial charge is 0.465 e. The van der Waals surface area contributed by atoms with Crippen molar-refractivity contribution in [3.05, 3.63) is 23.8 Å². The summed E-state index contributed by atoms with van der Waals surface area (Å²) < 4.78 is 4.65. The molecule has 0 bridgehead atoms. The van der Waals surface area contributed by atoms with Crippen LogP contribution in [-0.2, 0) is 4.74 Å². The number of carbonyl (C=O) groups is 1. The average Bonchev–Trinajstić information content (AvgIpc) is 2.38. The predicted molar refractivity (Wildman–Crippen MR) is 71.1 cm³/mol. The van der Waals surface area contributed by atoms with E-state index in [1.165, 1.54) is 7.11 Å². The van der Waals surface area contributed by atoms with Gasteiger partial charge < -0.3 is 21.5 Å². The van der Waals surface area contributed by atoms with Crippen molar-refractivity contribution in [2.45, 2.75) is 13.8 Å². The lowest BCUT2D eigenvalue weighted by molar-refractivity contribution is 0.0602. The summed E-state index contributed by atoms with van der Waals surface area (Å²) in [5.74, 6) is -0.415. The Bertz CT molecular complexity index is 354. The van der Waals surface area contributed by atoms with Gasteiger partial charge in [0.25, 0.3) is 0 Å². The Hall–Kier alpha value is -1.75. The van der Waals surface area contributed by atoms with E-state index in [0.717, 1.165) is 0 Å². The van der Waals surface area contributed by atoms with E-state index in [-0.39, 0.29) is 0 Å². The molecule has 96 valence electrons. The lowest BCUT2D eigenvalue weighted by atomic mass is 10.1. The van der Waals surface area contributed by atoms with Gasteiger partial charge in [-0.05, 0) is 12.1 Å². The molecule has 0 aromatic heterocycles. The topological polar surface area (TPSA) is 90.4 Å². The van der Waals surface area contributed by atoms with E-state index >= 15 is 0 Å². The van der Waals surface area contributed by atoms with E-state index in [1.54, 1.807) is 18.2 Å². The quantitative estimate of drug-likeness (QED) is 0.546. The van der Waals surface area contributed by atoms with Gasteiger partial charge in [0.1, 0.15) is 0 Å². The van der Waals surface area contributed by atoms with E-state index in [1.807, 2.05) is 13.8 Å². The standard InChI is InChI=1S/C10H15N3O2.C2H6/c1-15-10(14)7-3-2-4-8(12)9(7)13-6-5-11;1-2/h2-4,13H,5-6,11-12H2,1H3;1-2H3. The van der Waals surface area contributed by atoms with Crippen molar-refractivity contribution in [3.8, 4) is 0 Å². The average molecular weight is 239 g/mol. The summed E-state index contributed by atoms with van der Waals surface area (Å²) in [7, 11) is 1.33. The fraction of sp³-hybridized carbons (Fsp3) is 0.417. The summed E-state index contributed by atoms with van der Waals surface area (Å²) in [6.07, 6.45) is 0. The minimum Gasteiger partial charge on any atom is -0.465 e. The van der Waals surface area contributed by atoms with Gasteiger partial charge >= 0.3 is 5.97 Å². The molecule has 0 heterocycles. The van der Waals surface area contributed by atoms with Crippen molar-refractivity contribution in [2.75, 3.05) is 31.2 Å². The summed E-state index contributed by atoms with van der Waals surface area (Å²) >= 11 is 0. The molecule has 0 unspecified atom stereocenters. The number of ether oxygens (including phenoxy) is 1. The van der Waals surface area contributed by atoms with Crippen molar-refractivity contribution in [1.82, 2.24) is 0 Å². The maximum atomic E-state index is 11.4. The molecule has 5 N–H and O–H groups in total. The minimum atomic E-state index is -0.415. The molecule has 1 aromatic carbocycles. The number of benzene rings is 1. The van der Waals surface area contributed by atoms with Gasteiger partial charge in [-0.25, -0.2) is 4.79 Å². The van der Waals surface area contributed by atoms with Crippen LogP contribution >= 0.6 is 0 Å². The van der Waals surface area contributed by atoms with Crippen molar-refractivity contribution >= 4 is 17.3 Å². The summed E-state index contributed by atoms with van der Waals surface area (Å²) in [4.78, 5) is 11.4. The van der Waals surface area contributed by atoms with Crippen LogP contribution in [0.3, 0.4) is 0 Å². The SMILES string of the molecule is CC.COC(=O)c1cccc(N)c1NCCN. The fourth-order valence-corrected chi connectivity index (χ4v) is 1.24. The van der Waals surface area contributed by atoms with Gasteiger partial charge in [0.05, 0.1) is 24.0 Å². The van der Waals surface area contributed by atoms with Gasteiger partial charge in [0, 0.05) is 13.1 Å². The summed E-state index contributed by atoms with van der Waals surface area (Å²) in [6.45, 7) is 5.02. The van der Waals surface area contributed by atoms with Gasteiger partial charge in [-0.1, -0.05) is 19.9 Å². The molecule has 0 spiro atoms. The number of methoxy groups -OCH3 is 1. The Balaban J connectivity index is 0.00000121. The second kappa shape index (κ2) is 8.41. The molecule has 0 aliphatic carbocycles. The molecule has 0 atom stereocenters. The summed E-state index contributed by atoms with van der Waals surface area (Å²) in [5.41, 5.74) is 12.6. The monoisotopic (exact) mass is 239 g/mol. The molecule has 5 heteroatoms. The Morgan fingerprint density at radius 1 is 1.41 bits per heavy atom. The first-order chi connectivity index (χ1) is 8.20. The molecule has 0 amide bonds. The van der Waals surface area contributed by atoms with Gasteiger partial charge in [-0.15, -0.1) is 0 Å². The van der Waals surface area contributed by atoms with Crippen molar-refractivity contribution in [2.24, 2.45) is 5.73 Å². The normalized spacial score (nSPS) is 8.94. The predicted octanol–water partition coefficient (Wildman–Crippen LogP) is 1.45. The van der Waals surface area contributed by atoms with E-state index < -0.39 is 5.97 Å². The number of carbonyl (C=O) groups excluding carboxylic acids is 1. The molecule has 0 saturated carbocycles. The lowest BCUT2D eigenvalue weighted by Crippen LogP contribution is -2.16. The highest BCUT2D eigenvalue weighted by atomic mass is 16.5.